The summed E-state index contributed by atoms with van der Waals surface area (Å²) < 4.78 is 1.71. The van der Waals surface area contributed by atoms with Crippen molar-refractivity contribution in [1.29, 1.82) is 5.41 Å². The van der Waals surface area contributed by atoms with E-state index in [0.29, 0.717) is 22.5 Å². The Morgan fingerprint density at radius 3 is 2.83 bits per heavy atom. The number of amidine groups is 2. The molecule has 10 heteroatoms. The maximum Gasteiger partial charge on any atom is 0.283 e. The highest BCUT2D eigenvalue weighted by atomic mass is 32.2. The van der Waals surface area contributed by atoms with Gasteiger partial charge in [0.15, 0.2) is 5.84 Å². The Morgan fingerprint density at radius 2 is 2.10 bits per heavy atom. The van der Waals surface area contributed by atoms with Crippen LogP contribution in [0.1, 0.15) is 26.0 Å². The second-order valence-corrected chi connectivity index (χ2v) is 8.23. The minimum absolute atomic E-state index is 0.0309. The first-order chi connectivity index (χ1) is 14.3. The van der Waals surface area contributed by atoms with Crippen LogP contribution in [0.5, 0.6) is 0 Å². The lowest BCUT2D eigenvalue weighted by atomic mass is 10.1. The quantitative estimate of drug-likeness (QED) is 0.443. The third-order valence-electron chi connectivity index (χ3n) is 4.47. The number of hydrazone groups is 1. The number of nitrogens with one attached hydrogen (secondary N) is 1. The molecule has 1 aromatic carbocycles. The number of aromatic nitrogens is 1. The Balaban J connectivity index is 1.69. The number of non-ortho nitro benzene ring substituents is 1. The molecular formula is C20H18N6O3S. The van der Waals surface area contributed by atoms with Gasteiger partial charge in [0.1, 0.15) is 5.04 Å². The minimum Gasteiger partial charge on any atom is -0.317 e. The number of nitro groups is 1. The normalized spacial score (nSPS) is 17.4. The predicted octanol–water partition coefficient (Wildman–Crippen LogP) is 4.05. The molecule has 30 heavy (non-hydrogen) atoms. The van der Waals surface area contributed by atoms with Crippen LogP contribution >= 0.6 is 11.8 Å². The molecule has 0 fully saturated rings. The number of aliphatic imine (C=N–C) groups is 1. The molecule has 0 aliphatic carbocycles. The third kappa shape index (κ3) is 3.69. The summed E-state index contributed by atoms with van der Waals surface area (Å²) in [7, 11) is 0. The van der Waals surface area contributed by atoms with E-state index >= 15 is 0 Å². The fourth-order valence-electron chi connectivity index (χ4n) is 3.11. The van der Waals surface area contributed by atoms with Crippen LogP contribution in [-0.4, -0.2) is 36.5 Å². The maximum absolute atomic E-state index is 12.6. The molecule has 0 spiro atoms. The Kier molecular flexibility index (Phi) is 5.08. The molecule has 0 unspecified atom stereocenters. The molecule has 0 radical (unpaired) electrons. The van der Waals surface area contributed by atoms with Gasteiger partial charge in [-0.2, -0.15) is 15.1 Å². The molecule has 0 bridgehead atoms. The van der Waals surface area contributed by atoms with Crippen molar-refractivity contribution in [2.24, 2.45) is 16.0 Å². The Hall–Kier alpha value is -3.53. The smallest absolute Gasteiger partial charge is 0.283 e. The van der Waals surface area contributed by atoms with E-state index in [2.05, 4.69) is 23.9 Å². The number of nitro benzene ring substituents is 1. The van der Waals surface area contributed by atoms with Crippen LogP contribution in [0.4, 0.5) is 5.69 Å². The number of nitrogens with zero attached hydrogens (tertiary/aromatic N) is 5. The molecule has 1 amide bonds. The van der Waals surface area contributed by atoms with E-state index in [1.807, 2.05) is 0 Å². The Morgan fingerprint density at radius 1 is 1.30 bits per heavy atom. The number of amides is 1. The second kappa shape index (κ2) is 7.71. The molecule has 9 nitrogen and oxygen atoms in total. The Labute approximate surface area is 176 Å². The Bertz CT molecular complexity index is 1160. The average Bonchev–Trinajstić information content (AvgIpc) is 3.31. The lowest BCUT2D eigenvalue weighted by molar-refractivity contribution is -0.384. The van der Waals surface area contributed by atoms with E-state index in [1.54, 1.807) is 41.1 Å². The summed E-state index contributed by atoms with van der Waals surface area (Å²) >= 11 is 1.31. The van der Waals surface area contributed by atoms with Gasteiger partial charge in [0.25, 0.3) is 11.6 Å². The lowest BCUT2D eigenvalue weighted by Gasteiger charge is -2.20. The molecule has 1 aromatic heterocycles. The average molecular weight is 422 g/mol. The summed E-state index contributed by atoms with van der Waals surface area (Å²) in [6.07, 6.45) is 4.04. The van der Waals surface area contributed by atoms with Crippen LogP contribution in [0.15, 0.2) is 58.3 Å². The van der Waals surface area contributed by atoms with Crippen LogP contribution in [0, 0.1) is 21.4 Å². The molecule has 1 N–H and O–H groups in total. The number of thioether (sulfide) groups is 1. The fraction of sp³-hybridized carbons (Fsp3) is 0.200. The predicted molar refractivity (Wildman–Crippen MR) is 117 cm³/mol. The molecule has 2 aliphatic heterocycles. The van der Waals surface area contributed by atoms with Gasteiger partial charge in [-0.25, -0.2) is 0 Å². The molecule has 0 saturated carbocycles. The summed E-state index contributed by atoms with van der Waals surface area (Å²) in [5, 5.41) is 26.6. The van der Waals surface area contributed by atoms with Crippen molar-refractivity contribution in [3.8, 4) is 5.69 Å². The summed E-state index contributed by atoms with van der Waals surface area (Å²) in [6, 6.07) is 9.73. The van der Waals surface area contributed by atoms with Gasteiger partial charge in [-0.3, -0.25) is 20.3 Å². The minimum atomic E-state index is -0.508. The van der Waals surface area contributed by atoms with Crippen molar-refractivity contribution in [2.45, 2.75) is 20.3 Å². The monoisotopic (exact) mass is 422 g/mol. The van der Waals surface area contributed by atoms with Crippen LogP contribution in [-0.2, 0) is 4.79 Å². The zero-order valence-corrected chi connectivity index (χ0v) is 17.1. The van der Waals surface area contributed by atoms with Gasteiger partial charge in [-0.15, -0.1) is 0 Å². The van der Waals surface area contributed by atoms with E-state index in [1.165, 1.54) is 28.9 Å². The van der Waals surface area contributed by atoms with Crippen LogP contribution in [0.2, 0.25) is 0 Å². The molecule has 3 heterocycles. The summed E-state index contributed by atoms with van der Waals surface area (Å²) in [5.74, 6) is -0.147. The second-order valence-electron chi connectivity index (χ2n) is 7.19. The largest absolute Gasteiger partial charge is 0.317 e. The van der Waals surface area contributed by atoms with Crippen molar-refractivity contribution in [3.63, 3.8) is 0 Å². The van der Waals surface area contributed by atoms with Crippen molar-refractivity contribution in [3.05, 3.63) is 64.0 Å². The summed E-state index contributed by atoms with van der Waals surface area (Å²) in [4.78, 5) is 27.3. The van der Waals surface area contributed by atoms with Gasteiger partial charge < -0.3 is 4.57 Å². The number of fused-ring (bicyclic) bond motifs is 1. The zero-order valence-electron chi connectivity index (χ0n) is 16.3. The highest BCUT2D eigenvalue weighted by Gasteiger charge is 2.35. The molecule has 0 atom stereocenters. The molecule has 2 aliphatic rings. The van der Waals surface area contributed by atoms with Gasteiger partial charge in [0.05, 0.1) is 16.2 Å². The van der Waals surface area contributed by atoms with E-state index in [0.717, 1.165) is 11.5 Å². The van der Waals surface area contributed by atoms with Crippen molar-refractivity contribution in [2.75, 3.05) is 0 Å². The van der Waals surface area contributed by atoms with Crippen LogP contribution < -0.4 is 0 Å². The van der Waals surface area contributed by atoms with Crippen LogP contribution in [0.3, 0.4) is 0 Å². The van der Waals surface area contributed by atoms with Crippen LogP contribution in [0.25, 0.3) is 11.8 Å². The van der Waals surface area contributed by atoms with Gasteiger partial charge in [0, 0.05) is 30.4 Å². The van der Waals surface area contributed by atoms with Crippen molar-refractivity contribution < 1.29 is 9.72 Å². The topological polar surface area (TPSA) is 117 Å². The first-order valence-corrected chi connectivity index (χ1v) is 10.1. The SMILES string of the molecule is CC(C)CC1=NN2C(=N)/C(=C\c3cccn3-c3cccc([N+](=O)[O-])c3)C(=O)N=C2S1. The molecule has 0 saturated heterocycles. The number of hydrogen-bond acceptors (Lipinski definition) is 6. The number of hydrogen-bond donors (Lipinski definition) is 1. The summed E-state index contributed by atoms with van der Waals surface area (Å²) in [5.41, 5.74) is 1.25. The van der Waals surface area contributed by atoms with E-state index in [4.69, 9.17) is 5.41 Å². The third-order valence-corrected chi connectivity index (χ3v) is 5.40. The molecular weight excluding hydrogens is 404 g/mol. The van der Waals surface area contributed by atoms with E-state index < -0.39 is 10.8 Å². The lowest BCUT2D eigenvalue weighted by Crippen LogP contribution is -2.35. The first kappa shape index (κ1) is 19.8. The van der Waals surface area contributed by atoms with Crippen molar-refractivity contribution >= 4 is 45.5 Å². The number of carbonyl (C=O) groups is 1. The summed E-state index contributed by atoms with van der Waals surface area (Å²) in [6.45, 7) is 4.15. The molecule has 152 valence electrons. The fourth-order valence-corrected chi connectivity index (χ4v) is 4.21. The number of benzene rings is 1. The maximum atomic E-state index is 12.6. The van der Waals surface area contributed by atoms with Gasteiger partial charge in [-0.05, 0) is 42.0 Å². The first-order valence-electron chi connectivity index (χ1n) is 9.25. The van der Waals surface area contributed by atoms with Crippen molar-refractivity contribution in [1.82, 2.24) is 9.58 Å². The van der Waals surface area contributed by atoms with E-state index in [9.17, 15) is 14.9 Å². The molecule has 2 aromatic rings. The number of rotatable bonds is 5. The highest BCUT2D eigenvalue weighted by molar-refractivity contribution is 8.26. The highest BCUT2D eigenvalue weighted by Crippen LogP contribution is 2.31. The standard InChI is InChI=1S/C20H18N6O3S/c1-12(2)9-17-23-25-18(21)16(19(27)22-20(25)30-17)11-14-7-4-8-24(14)13-5-3-6-15(10-13)26(28)29/h3-8,10-12,21H,9H2,1-2H3/b16-11+,21-18?. The zero-order chi connectivity index (χ0) is 21.4. The molecule has 4 rings (SSSR count). The van der Waals surface area contributed by atoms with Gasteiger partial charge in [0.2, 0.25) is 5.17 Å². The van der Waals surface area contributed by atoms with Gasteiger partial charge in [-0.1, -0.05) is 19.9 Å². The van der Waals surface area contributed by atoms with E-state index in [-0.39, 0.29) is 17.1 Å². The number of carbonyl (C=O) groups excluding carboxylic acids is 1. The van der Waals surface area contributed by atoms with Gasteiger partial charge >= 0.3 is 0 Å².